The van der Waals surface area contributed by atoms with Gasteiger partial charge >= 0.3 is 6.03 Å². The van der Waals surface area contributed by atoms with E-state index in [0.717, 1.165) is 18.6 Å². The van der Waals surface area contributed by atoms with Crippen LogP contribution in [0.1, 0.15) is 17.8 Å². The summed E-state index contributed by atoms with van der Waals surface area (Å²) in [6.45, 7) is 1.70. The molecule has 0 spiro atoms. The highest BCUT2D eigenvalue weighted by molar-refractivity contribution is 5.87. The first-order chi connectivity index (χ1) is 17.8. The molecule has 0 atom stereocenters. The Hall–Kier alpha value is -4.23. The minimum absolute atomic E-state index is 0.0952. The summed E-state index contributed by atoms with van der Waals surface area (Å²) < 4.78 is 41.1. The average Bonchev–Trinajstić information content (AvgIpc) is 3.24. The van der Waals surface area contributed by atoms with E-state index in [2.05, 4.69) is 35.9 Å². The van der Waals surface area contributed by atoms with Crippen LogP contribution in [0.15, 0.2) is 41.3 Å². The highest BCUT2D eigenvalue weighted by atomic mass is 19.2. The summed E-state index contributed by atoms with van der Waals surface area (Å²) in [5, 5.41) is 8.07. The van der Waals surface area contributed by atoms with Crippen molar-refractivity contribution in [1.29, 1.82) is 0 Å². The number of carbonyl (C=O) groups excluding carboxylic acids is 1. The molecule has 13 heteroatoms. The fourth-order valence-corrected chi connectivity index (χ4v) is 3.59. The Morgan fingerprint density at radius 3 is 2.59 bits per heavy atom. The molecule has 2 aromatic carbocycles. The van der Waals surface area contributed by atoms with Gasteiger partial charge in [0.15, 0.2) is 11.6 Å². The van der Waals surface area contributed by atoms with Gasteiger partial charge in [-0.15, -0.1) is 0 Å². The molecular formula is C24H25F3N8O2. The van der Waals surface area contributed by atoms with Crippen LogP contribution in [0.25, 0.3) is 22.2 Å². The molecule has 0 aliphatic carbocycles. The van der Waals surface area contributed by atoms with Crippen molar-refractivity contribution in [2.24, 2.45) is 5.73 Å². The van der Waals surface area contributed by atoms with Crippen LogP contribution >= 0.6 is 0 Å². The van der Waals surface area contributed by atoms with Gasteiger partial charge in [-0.1, -0.05) is 12.1 Å². The Labute approximate surface area is 208 Å². The van der Waals surface area contributed by atoms with Crippen molar-refractivity contribution in [1.82, 2.24) is 30.6 Å². The third-order valence-corrected chi connectivity index (χ3v) is 5.49. The standard InChI is InChI=1S/C24H25F3N8O2/c25-16-8-13(2-3-14(16)11-29-6-1-5-28)15-12-31-23(34-22(15)36)35-24(37)30-7-4-21-32-19-9-17(26)18(27)10-20(19)33-21/h2-3,8-10,12,29H,1,4-7,11,28H2,(H,32,33)(H3,30,31,34,35,36,37). The maximum absolute atomic E-state index is 14.5. The summed E-state index contributed by atoms with van der Waals surface area (Å²) in [5.41, 5.74) is 6.44. The molecule has 0 fully saturated rings. The minimum atomic E-state index is -0.996. The molecule has 194 valence electrons. The number of nitrogens with zero attached hydrogens (tertiary/aromatic N) is 2. The monoisotopic (exact) mass is 514 g/mol. The van der Waals surface area contributed by atoms with Crippen molar-refractivity contribution in [2.75, 3.05) is 25.0 Å². The average molecular weight is 515 g/mol. The molecule has 0 aliphatic heterocycles. The highest BCUT2D eigenvalue weighted by Gasteiger charge is 2.12. The number of halogens is 3. The molecule has 4 rings (SSSR count). The van der Waals surface area contributed by atoms with E-state index in [1.165, 1.54) is 12.3 Å². The summed E-state index contributed by atoms with van der Waals surface area (Å²) in [7, 11) is 0. The predicted octanol–water partition coefficient (Wildman–Crippen LogP) is 2.53. The number of hydrogen-bond acceptors (Lipinski definition) is 6. The number of benzene rings is 2. The van der Waals surface area contributed by atoms with Gasteiger partial charge in [-0.3, -0.25) is 15.1 Å². The van der Waals surface area contributed by atoms with Gasteiger partial charge in [0.1, 0.15) is 11.6 Å². The third kappa shape index (κ3) is 6.51. The maximum atomic E-state index is 14.5. The van der Waals surface area contributed by atoms with Gasteiger partial charge in [0.2, 0.25) is 5.95 Å². The van der Waals surface area contributed by atoms with E-state index in [1.807, 2.05) is 0 Å². The SMILES string of the molecule is NCCCNCc1ccc(-c2cnc(NC(=O)NCCc3nc4cc(F)c(F)cc4[nH]3)[nH]c2=O)cc1F. The van der Waals surface area contributed by atoms with Crippen LogP contribution in [0.2, 0.25) is 0 Å². The van der Waals surface area contributed by atoms with E-state index in [4.69, 9.17) is 5.73 Å². The van der Waals surface area contributed by atoms with Gasteiger partial charge in [0.05, 0.1) is 16.6 Å². The first-order valence-electron chi connectivity index (χ1n) is 11.5. The molecule has 0 saturated heterocycles. The zero-order chi connectivity index (χ0) is 26.4. The molecule has 0 saturated carbocycles. The van der Waals surface area contributed by atoms with Crippen molar-refractivity contribution in [3.05, 3.63) is 75.7 Å². The van der Waals surface area contributed by atoms with Crippen molar-refractivity contribution < 1.29 is 18.0 Å². The number of nitrogens with two attached hydrogens (primary N) is 1. The van der Waals surface area contributed by atoms with Crippen LogP contribution in [-0.2, 0) is 13.0 Å². The summed E-state index contributed by atoms with van der Waals surface area (Å²) in [5.74, 6) is -2.10. The molecule has 2 heterocycles. The van der Waals surface area contributed by atoms with E-state index in [-0.39, 0.29) is 30.0 Å². The van der Waals surface area contributed by atoms with Gasteiger partial charge in [0.25, 0.3) is 5.56 Å². The zero-order valence-corrected chi connectivity index (χ0v) is 19.6. The van der Waals surface area contributed by atoms with Gasteiger partial charge in [-0.2, -0.15) is 0 Å². The molecular weight excluding hydrogens is 489 g/mol. The second kappa shape index (κ2) is 11.7. The number of H-pyrrole nitrogens is 2. The summed E-state index contributed by atoms with van der Waals surface area (Å²) in [6, 6.07) is 5.83. The second-order valence-corrected chi connectivity index (χ2v) is 8.20. The number of anilines is 1. The molecule has 2 amide bonds. The lowest BCUT2D eigenvalue weighted by Gasteiger charge is -2.09. The molecule has 10 nitrogen and oxygen atoms in total. The van der Waals surface area contributed by atoms with Crippen molar-refractivity contribution in [3.8, 4) is 11.1 Å². The smallest absolute Gasteiger partial charge is 0.321 e. The van der Waals surface area contributed by atoms with Crippen LogP contribution in [0, 0.1) is 17.5 Å². The van der Waals surface area contributed by atoms with E-state index in [1.54, 1.807) is 12.1 Å². The number of aromatic nitrogens is 4. The molecule has 0 radical (unpaired) electrons. The molecule has 2 aromatic heterocycles. The number of rotatable bonds is 10. The molecule has 4 aromatic rings. The van der Waals surface area contributed by atoms with E-state index < -0.39 is 29.0 Å². The lowest BCUT2D eigenvalue weighted by atomic mass is 10.1. The Morgan fingerprint density at radius 1 is 1.03 bits per heavy atom. The summed E-state index contributed by atoms with van der Waals surface area (Å²) >= 11 is 0. The fourth-order valence-electron chi connectivity index (χ4n) is 3.59. The van der Waals surface area contributed by atoms with Crippen molar-refractivity contribution >= 4 is 23.0 Å². The van der Waals surface area contributed by atoms with Gasteiger partial charge in [-0.25, -0.2) is 27.9 Å². The number of imidazole rings is 1. The van der Waals surface area contributed by atoms with Crippen molar-refractivity contribution in [3.63, 3.8) is 0 Å². The van der Waals surface area contributed by atoms with Gasteiger partial charge < -0.3 is 21.4 Å². The highest BCUT2D eigenvalue weighted by Crippen LogP contribution is 2.19. The molecule has 0 bridgehead atoms. The first-order valence-corrected chi connectivity index (χ1v) is 11.5. The van der Waals surface area contributed by atoms with E-state index in [0.29, 0.717) is 42.1 Å². The Balaban J connectivity index is 1.31. The third-order valence-electron chi connectivity index (χ3n) is 5.49. The first kappa shape index (κ1) is 25.9. The minimum Gasteiger partial charge on any atom is -0.342 e. The van der Waals surface area contributed by atoms with Gasteiger partial charge in [0, 0.05) is 43.4 Å². The maximum Gasteiger partial charge on any atom is 0.321 e. The number of hydrogen-bond donors (Lipinski definition) is 6. The predicted molar refractivity (Wildman–Crippen MR) is 132 cm³/mol. The summed E-state index contributed by atoms with van der Waals surface area (Å²) in [6.07, 6.45) is 2.29. The molecule has 0 aliphatic rings. The Kier molecular flexibility index (Phi) is 8.15. The normalized spacial score (nSPS) is 11.1. The lowest BCUT2D eigenvalue weighted by Crippen LogP contribution is -2.32. The van der Waals surface area contributed by atoms with Crippen LogP contribution < -0.4 is 27.2 Å². The Morgan fingerprint density at radius 2 is 1.84 bits per heavy atom. The number of fused-ring (bicyclic) bond motifs is 1. The van der Waals surface area contributed by atoms with Crippen LogP contribution in [0.4, 0.5) is 23.9 Å². The van der Waals surface area contributed by atoms with E-state index >= 15 is 0 Å². The van der Waals surface area contributed by atoms with Crippen molar-refractivity contribution in [2.45, 2.75) is 19.4 Å². The van der Waals surface area contributed by atoms with Gasteiger partial charge in [-0.05, 0) is 31.1 Å². The number of aromatic amines is 2. The second-order valence-electron chi connectivity index (χ2n) is 8.20. The van der Waals surface area contributed by atoms with Crippen LogP contribution in [-0.4, -0.2) is 45.6 Å². The number of carbonyl (C=O) groups is 1. The number of urea groups is 1. The molecule has 7 N–H and O–H groups in total. The number of nitrogens with one attached hydrogen (secondary N) is 5. The van der Waals surface area contributed by atoms with Crippen LogP contribution in [0.3, 0.4) is 0 Å². The lowest BCUT2D eigenvalue weighted by molar-refractivity contribution is 0.252. The Bertz CT molecular complexity index is 1430. The molecule has 37 heavy (non-hydrogen) atoms. The largest absolute Gasteiger partial charge is 0.342 e. The fraction of sp³-hybridized carbons (Fsp3) is 0.250. The quantitative estimate of drug-likeness (QED) is 0.179. The van der Waals surface area contributed by atoms with E-state index in [9.17, 15) is 22.8 Å². The topological polar surface area (TPSA) is 154 Å². The van der Waals surface area contributed by atoms with Crippen LogP contribution in [0.5, 0.6) is 0 Å². The number of amides is 2. The molecule has 0 unspecified atom stereocenters. The zero-order valence-electron chi connectivity index (χ0n) is 19.6. The summed E-state index contributed by atoms with van der Waals surface area (Å²) in [4.78, 5) is 38.2.